The Kier molecular flexibility index (Phi) is 8.33. The molecule has 4 aromatic rings. The van der Waals surface area contributed by atoms with E-state index in [1.165, 1.54) is 12.1 Å². The second-order valence-electron chi connectivity index (χ2n) is 16.3. The van der Waals surface area contributed by atoms with Gasteiger partial charge in [-0.3, -0.25) is 9.69 Å². The molecule has 1 aliphatic carbocycles. The predicted octanol–water partition coefficient (Wildman–Crippen LogP) is 6.47. The Labute approximate surface area is 324 Å². The number of hydrogen-bond acceptors (Lipinski definition) is 11. The Morgan fingerprint density at radius 1 is 1.16 bits per heavy atom. The minimum atomic E-state index is -0.958. The van der Waals surface area contributed by atoms with E-state index in [1.54, 1.807) is 0 Å². The van der Waals surface area contributed by atoms with E-state index >= 15 is 8.78 Å². The molecule has 5 fully saturated rings. The van der Waals surface area contributed by atoms with Crippen molar-refractivity contribution in [3.8, 4) is 29.0 Å². The number of rotatable bonds is 7. The number of amides is 1. The first-order valence-electron chi connectivity index (χ1n) is 19.0. The van der Waals surface area contributed by atoms with Crippen molar-refractivity contribution in [2.24, 2.45) is 11.3 Å². The van der Waals surface area contributed by atoms with Crippen LogP contribution in [0.2, 0.25) is 5.02 Å². The van der Waals surface area contributed by atoms with Crippen molar-refractivity contribution in [2.75, 3.05) is 69.8 Å². The molecule has 16 heteroatoms. The zero-order valence-electron chi connectivity index (χ0n) is 30.0. The summed E-state index contributed by atoms with van der Waals surface area (Å²) in [5.41, 5.74) is 5.65. The summed E-state index contributed by atoms with van der Waals surface area (Å²) in [5.74, 6) is -0.313. The molecule has 1 spiro atoms. The number of hydrogen-bond donors (Lipinski definition) is 1. The van der Waals surface area contributed by atoms with Crippen LogP contribution in [-0.4, -0.2) is 103 Å². The summed E-state index contributed by atoms with van der Waals surface area (Å²) < 4.78 is 65.4. The zero-order valence-corrected chi connectivity index (χ0v) is 31.6. The van der Waals surface area contributed by atoms with Gasteiger partial charge in [0.25, 0.3) is 0 Å². The molecule has 0 radical (unpaired) electrons. The Morgan fingerprint density at radius 3 is 2.78 bits per heavy atom. The van der Waals surface area contributed by atoms with Gasteiger partial charge in [-0.25, -0.2) is 13.2 Å². The van der Waals surface area contributed by atoms with Crippen LogP contribution in [0.3, 0.4) is 0 Å². The van der Waals surface area contributed by atoms with Gasteiger partial charge in [0.2, 0.25) is 5.91 Å². The van der Waals surface area contributed by atoms with E-state index in [9.17, 15) is 14.4 Å². The van der Waals surface area contributed by atoms with E-state index in [0.29, 0.717) is 69.4 Å². The van der Waals surface area contributed by atoms with Gasteiger partial charge in [-0.15, -0.1) is 11.3 Å². The molecule has 6 aliphatic rings. The standard InChI is InChI=1S/C39H39ClF3N7O4S/c40-30-28(23-2-3-25(42)34-27(23)24(13-44)35(45)55-34)31(43)32-29-33(30)53-9-8-50(22-4-6-38(12-22)17-48(18-38)26(51)10-20-15-52-16-20)36(29)47-37(46-32)54-19-39-5-1-7-49(39)14-21(41)11-39/h2-3,20-22H,1,4-12,14-19,45H2/t21-,22?,39+/m1/s1. The lowest BCUT2D eigenvalue weighted by Gasteiger charge is -2.49. The van der Waals surface area contributed by atoms with Crippen LogP contribution < -0.4 is 20.1 Å². The van der Waals surface area contributed by atoms with E-state index in [4.69, 9.17) is 36.5 Å². The number of thiophene rings is 1. The average Bonchev–Trinajstić information content (AvgIpc) is 3.87. The molecule has 5 aliphatic heterocycles. The number of halogens is 4. The Hall–Kier alpha value is -4.10. The fourth-order valence-electron chi connectivity index (χ4n) is 10.2. The lowest BCUT2D eigenvalue weighted by atomic mass is 9.77. The number of anilines is 2. The van der Waals surface area contributed by atoms with Crippen molar-refractivity contribution in [3.05, 3.63) is 34.4 Å². The van der Waals surface area contributed by atoms with Gasteiger partial charge in [0.15, 0.2) is 11.6 Å². The highest BCUT2D eigenvalue weighted by Gasteiger charge is 2.52. The summed E-state index contributed by atoms with van der Waals surface area (Å²) in [7, 11) is 0. The molecule has 10 rings (SSSR count). The molecule has 55 heavy (non-hydrogen) atoms. The number of aromatic nitrogens is 2. The normalized spacial score (nSPS) is 25.9. The smallest absolute Gasteiger partial charge is 0.319 e. The molecule has 7 heterocycles. The average molecular weight is 794 g/mol. The van der Waals surface area contributed by atoms with Gasteiger partial charge >= 0.3 is 6.01 Å². The third kappa shape index (κ3) is 5.53. The van der Waals surface area contributed by atoms with Gasteiger partial charge < -0.3 is 29.7 Å². The number of nitrogens with zero attached hydrogens (tertiary/aromatic N) is 6. The summed E-state index contributed by atoms with van der Waals surface area (Å²) in [6, 6.07) is 4.60. The topological polar surface area (TPSA) is 130 Å². The number of benzene rings is 2. The highest BCUT2D eigenvalue weighted by Crippen LogP contribution is 2.53. The second kappa shape index (κ2) is 13.0. The second-order valence-corrected chi connectivity index (χ2v) is 17.7. The number of nitrogen functional groups attached to an aromatic ring is 1. The van der Waals surface area contributed by atoms with Crippen LogP contribution >= 0.6 is 22.9 Å². The number of fused-ring (bicyclic) bond motifs is 2. The Bertz CT molecular complexity index is 2310. The number of carbonyl (C=O) groups excluding carboxylic acids is 1. The minimum Gasteiger partial charge on any atom is -0.489 e. The third-order valence-corrected chi connectivity index (χ3v) is 14.3. The maximum atomic E-state index is 17.4. The monoisotopic (exact) mass is 793 g/mol. The quantitative estimate of drug-likeness (QED) is 0.222. The number of carbonyl (C=O) groups is 1. The van der Waals surface area contributed by atoms with Crippen molar-refractivity contribution >= 4 is 60.7 Å². The molecule has 2 aromatic heterocycles. The highest BCUT2D eigenvalue weighted by molar-refractivity contribution is 7.23. The Morgan fingerprint density at radius 2 is 2.00 bits per heavy atom. The molecular weight excluding hydrogens is 755 g/mol. The van der Waals surface area contributed by atoms with Crippen LogP contribution in [0.5, 0.6) is 11.8 Å². The van der Waals surface area contributed by atoms with Gasteiger partial charge in [0, 0.05) is 60.8 Å². The fourth-order valence-corrected chi connectivity index (χ4v) is 11.5. The van der Waals surface area contributed by atoms with Crippen LogP contribution in [0.1, 0.15) is 50.5 Å². The first-order chi connectivity index (χ1) is 26.6. The number of nitrogens with two attached hydrogens (primary N) is 1. The van der Waals surface area contributed by atoms with Crippen molar-refractivity contribution in [1.82, 2.24) is 19.8 Å². The maximum absolute atomic E-state index is 17.4. The molecule has 0 bridgehead atoms. The van der Waals surface area contributed by atoms with Crippen molar-refractivity contribution in [3.63, 3.8) is 0 Å². The molecule has 3 atom stereocenters. The molecule has 1 saturated carbocycles. The van der Waals surface area contributed by atoms with Gasteiger partial charge in [0.1, 0.15) is 47.6 Å². The lowest BCUT2D eigenvalue weighted by Crippen LogP contribution is -2.58. The molecule has 11 nitrogen and oxygen atoms in total. The summed E-state index contributed by atoms with van der Waals surface area (Å²) in [6.45, 7) is 4.58. The summed E-state index contributed by atoms with van der Waals surface area (Å²) in [5, 5.41) is 10.5. The van der Waals surface area contributed by atoms with Crippen molar-refractivity contribution < 1.29 is 32.2 Å². The van der Waals surface area contributed by atoms with E-state index in [1.807, 2.05) is 4.90 Å². The van der Waals surface area contributed by atoms with Crippen LogP contribution in [0.25, 0.3) is 32.1 Å². The molecule has 288 valence electrons. The van der Waals surface area contributed by atoms with Crippen molar-refractivity contribution in [2.45, 2.75) is 62.7 Å². The van der Waals surface area contributed by atoms with E-state index in [2.05, 4.69) is 20.9 Å². The third-order valence-electron chi connectivity index (χ3n) is 12.9. The number of alkyl halides is 1. The van der Waals surface area contributed by atoms with Crippen LogP contribution in [0.15, 0.2) is 12.1 Å². The maximum Gasteiger partial charge on any atom is 0.319 e. The van der Waals surface area contributed by atoms with Crippen LogP contribution in [-0.2, 0) is 9.53 Å². The van der Waals surface area contributed by atoms with Crippen LogP contribution in [0, 0.1) is 34.3 Å². The molecule has 2 N–H and O–H groups in total. The Balaban J connectivity index is 1.06. The van der Waals surface area contributed by atoms with Gasteiger partial charge in [-0.2, -0.15) is 15.2 Å². The van der Waals surface area contributed by atoms with Crippen LogP contribution in [0.4, 0.5) is 24.0 Å². The minimum absolute atomic E-state index is 0.00837. The molecular formula is C39H39ClF3N7O4S. The van der Waals surface area contributed by atoms with E-state index < -0.39 is 23.3 Å². The lowest BCUT2D eigenvalue weighted by molar-refractivity contribution is -0.148. The summed E-state index contributed by atoms with van der Waals surface area (Å²) in [6.07, 6.45) is 4.18. The van der Waals surface area contributed by atoms with Gasteiger partial charge in [-0.1, -0.05) is 17.7 Å². The summed E-state index contributed by atoms with van der Waals surface area (Å²) in [4.78, 5) is 28.8. The van der Waals surface area contributed by atoms with Crippen molar-refractivity contribution in [1.29, 1.82) is 5.26 Å². The zero-order chi connectivity index (χ0) is 37.8. The largest absolute Gasteiger partial charge is 0.489 e. The van der Waals surface area contributed by atoms with Gasteiger partial charge in [0.05, 0.1) is 46.0 Å². The fraction of sp³-hybridized carbons (Fsp3) is 0.538. The van der Waals surface area contributed by atoms with E-state index in [0.717, 1.165) is 50.0 Å². The van der Waals surface area contributed by atoms with E-state index in [-0.39, 0.29) is 84.7 Å². The molecule has 1 amide bonds. The first kappa shape index (κ1) is 35.3. The number of nitriles is 1. The molecule has 4 saturated heterocycles. The molecule has 1 unspecified atom stereocenters. The number of ether oxygens (including phenoxy) is 3. The highest BCUT2D eigenvalue weighted by atomic mass is 35.5. The predicted molar refractivity (Wildman–Crippen MR) is 201 cm³/mol. The number of likely N-dealkylation sites (tertiary alicyclic amines) is 1. The first-order valence-corrected chi connectivity index (χ1v) is 20.2. The summed E-state index contributed by atoms with van der Waals surface area (Å²) >= 11 is 8.04. The molecule has 2 aromatic carbocycles. The van der Waals surface area contributed by atoms with Gasteiger partial charge in [-0.05, 0) is 50.3 Å². The SMILES string of the molecule is N#Cc1c(N)sc2c(F)ccc(-c3c(Cl)c4c5c(nc(OC[C@@]67CCCN6C[C@H](F)C7)nc5c3F)N(C3CCC5(C3)CN(C(=O)CC3COC3)C5)CCO4)c12.